The van der Waals surface area contributed by atoms with Crippen LogP contribution < -0.4 is 14.8 Å². The van der Waals surface area contributed by atoms with Gasteiger partial charge in [-0.25, -0.2) is 0 Å². The third-order valence-electron chi connectivity index (χ3n) is 3.98. The van der Waals surface area contributed by atoms with E-state index in [0.717, 1.165) is 12.8 Å². The number of hydrogen-bond acceptors (Lipinski definition) is 5. The summed E-state index contributed by atoms with van der Waals surface area (Å²) in [7, 11) is 3.07. The number of anilines is 1. The second-order valence-electron chi connectivity index (χ2n) is 5.05. The lowest BCUT2D eigenvalue weighted by Crippen LogP contribution is -2.43. The van der Waals surface area contributed by atoms with Gasteiger partial charge in [-0.05, 0) is 18.9 Å². The van der Waals surface area contributed by atoms with Crippen molar-refractivity contribution >= 4 is 11.6 Å². The van der Waals surface area contributed by atoms with E-state index in [1.54, 1.807) is 17.0 Å². The van der Waals surface area contributed by atoms with Crippen LogP contribution in [0, 0.1) is 0 Å². The molecule has 6 heteroatoms. The molecule has 0 bridgehead atoms. The lowest BCUT2D eigenvalue weighted by atomic mass is 10.1. The SMILES string of the molecule is CC.COc1cc2c(cc1OC)C(=O)N1CCCC1C(O)N2. The quantitative estimate of drug-likeness (QED) is 0.875. The zero-order valence-electron chi connectivity index (χ0n) is 13.5. The van der Waals surface area contributed by atoms with Gasteiger partial charge in [0.25, 0.3) is 5.91 Å². The molecule has 2 atom stereocenters. The molecule has 6 nitrogen and oxygen atoms in total. The number of carbonyl (C=O) groups excluding carboxylic acids is 1. The number of ether oxygens (including phenoxy) is 2. The van der Waals surface area contributed by atoms with Crippen molar-refractivity contribution in [2.24, 2.45) is 0 Å². The summed E-state index contributed by atoms with van der Waals surface area (Å²) in [6.45, 7) is 4.68. The summed E-state index contributed by atoms with van der Waals surface area (Å²) < 4.78 is 10.5. The molecule has 2 N–H and O–H groups in total. The molecule has 2 heterocycles. The summed E-state index contributed by atoms with van der Waals surface area (Å²) in [6.07, 6.45) is 0.959. The molecule has 1 amide bonds. The van der Waals surface area contributed by atoms with E-state index in [4.69, 9.17) is 9.47 Å². The Labute approximate surface area is 131 Å². The fourth-order valence-corrected chi connectivity index (χ4v) is 2.96. The molecule has 1 saturated heterocycles. The number of amides is 1. The monoisotopic (exact) mass is 308 g/mol. The summed E-state index contributed by atoms with van der Waals surface area (Å²) in [5, 5.41) is 13.2. The summed E-state index contributed by atoms with van der Waals surface area (Å²) in [5.74, 6) is 0.960. The maximum Gasteiger partial charge on any atom is 0.256 e. The largest absolute Gasteiger partial charge is 0.493 e. The molecule has 2 aliphatic rings. The standard InChI is InChI=1S/C14H18N2O4.C2H6/c1-19-11-6-8-9(7-12(11)20-2)15-13(17)10-4-3-5-16(10)14(8)18;1-2/h6-7,10,13,15,17H,3-5H2,1-2H3;1-2H3. The molecule has 0 aromatic heterocycles. The van der Waals surface area contributed by atoms with Gasteiger partial charge in [-0.3, -0.25) is 4.79 Å². The van der Waals surface area contributed by atoms with Crippen LogP contribution in [0.2, 0.25) is 0 Å². The molecular weight excluding hydrogens is 284 g/mol. The van der Waals surface area contributed by atoms with Crippen LogP contribution >= 0.6 is 0 Å². The molecule has 0 radical (unpaired) electrons. The Bertz CT molecular complexity index is 547. The molecule has 0 spiro atoms. The first-order valence-corrected chi connectivity index (χ1v) is 7.67. The van der Waals surface area contributed by atoms with E-state index in [2.05, 4.69) is 5.32 Å². The normalized spacial score (nSPS) is 22.6. The summed E-state index contributed by atoms with van der Waals surface area (Å²) in [5.41, 5.74) is 1.08. The van der Waals surface area contributed by atoms with Crippen molar-refractivity contribution in [2.45, 2.75) is 39.0 Å². The van der Waals surface area contributed by atoms with E-state index in [0.29, 0.717) is 29.3 Å². The van der Waals surface area contributed by atoms with Crippen molar-refractivity contribution in [1.82, 2.24) is 4.90 Å². The van der Waals surface area contributed by atoms with Crippen molar-refractivity contribution in [3.05, 3.63) is 17.7 Å². The number of carbonyl (C=O) groups is 1. The van der Waals surface area contributed by atoms with E-state index >= 15 is 0 Å². The third kappa shape index (κ3) is 2.70. The summed E-state index contributed by atoms with van der Waals surface area (Å²) in [6, 6.07) is 3.18. The Morgan fingerprint density at radius 2 is 1.86 bits per heavy atom. The second-order valence-corrected chi connectivity index (χ2v) is 5.05. The van der Waals surface area contributed by atoms with E-state index in [9.17, 15) is 9.90 Å². The first-order valence-electron chi connectivity index (χ1n) is 7.67. The van der Waals surface area contributed by atoms with Crippen molar-refractivity contribution in [1.29, 1.82) is 0 Å². The number of fused-ring (bicyclic) bond motifs is 2. The maximum absolute atomic E-state index is 12.6. The van der Waals surface area contributed by atoms with Crippen molar-refractivity contribution in [3.8, 4) is 11.5 Å². The molecule has 2 unspecified atom stereocenters. The van der Waals surface area contributed by atoms with Crippen LogP contribution in [0.3, 0.4) is 0 Å². The Balaban J connectivity index is 0.000000847. The van der Waals surface area contributed by atoms with Gasteiger partial charge >= 0.3 is 0 Å². The molecule has 1 fully saturated rings. The molecule has 2 aliphatic heterocycles. The van der Waals surface area contributed by atoms with Gasteiger partial charge in [-0.15, -0.1) is 0 Å². The predicted molar refractivity (Wildman–Crippen MR) is 84.6 cm³/mol. The van der Waals surface area contributed by atoms with E-state index in [1.807, 2.05) is 13.8 Å². The Morgan fingerprint density at radius 3 is 2.50 bits per heavy atom. The van der Waals surface area contributed by atoms with Crippen molar-refractivity contribution < 1.29 is 19.4 Å². The van der Waals surface area contributed by atoms with Gasteiger partial charge < -0.3 is 24.8 Å². The van der Waals surface area contributed by atoms with Crippen molar-refractivity contribution in [3.63, 3.8) is 0 Å². The van der Waals surface area contributed by atoms with E-state index < -0.39 is 6.23 Å². The third-order valence-corrected chi connectivity index (χ3v) is 3.98. The van der Waals surface area contributed by atoms with Crippen LogP contribution in [0.1, 0.15) is 37.0 Å². The highest BCUT2D eigenvalue weighted by atomic mass is 16.5. The predicted octanol–water partition coefficient (Wildman–Crippen LogP) is 2.08. The highest BCUT2D eigenvalue weighted by Crippen LogP contribution is 2.37. The van der Waals surface area contributed by atoms with Crippen LogP contribution in [0.25, 0.3) is 0 Å². The van der Waals surface area contributed by atoms with Gasteiger partial charge in [0.1, 0.15) is 6.23 Å². The van der Waals surface area contributed by atoms with Gasteiger partial charge in [0, 0.05) is 12.6 Å². The van der Waals surface area contributed by atoms with Gasteiger partial charge in [-0.2, -0.15) is 0 Å². The minimum absolute atomic E-state index is 0.0764. The van der Waals surface area contributed by atoms with Gasteiger partial charge in [0.2, 0.25) is 0 Å². The molecule has 1 aromatic carbocycles. The zero-order valence-corrected chi connectivity index (χ0v) is 13.5. The first kappa shape index (κ1) is 16.4. The maximum atomic E-state index is 12.6. The summed E-state index contributed by atoms with van der Waals surface area (Å²) >= 11 is 0. The number of nitrogens with zero attached hydrogens (tertiary/aromatic N) is 1. The molecule has 3 rings (SSSR count). The Kier molecular flexibility index (Phi) is 5.13. The highest BCUT2D eigenvalue weighted by Gasteiger charge is 2.38. The van der Waals surface area contributed by atoms with Crippen LogP contribution in [0.5, 0.6) is 11.5 Å². The van der Waals surface area contributed by atoms with E-state index in [1.165, 1.54) is 14.2 Å². The highest BCUT2D eigenvalue weighted by molar-refractivity contribution is 6.01. The van der Waals surface area contributed by atoms with Crippen LogP contribution in [0.15, 0.2) is 12.1 Å². The molecule has 122 valence electrons. The number of aliphatic hydroxyl groups is 1. The average Bonchev–Trinajstić information content (AvgIpc) is 3.02. The number of benzene rings is 1. The number of hydrogen-bond donors (Lipinski definition) is 2. The number of aliphatic hydroxyl groups excluding tert-OH is 1. The minimum Gasteiger partial charge on any atom is -0.493 e. The molecular formula is C16H24N2O4. The number of rotatable bonds is 2. The van der Waals surface area contributed by atoms with Crippen LogP contribution in [-0.4, -0.2) is 48.9 Å². The second kappa shape index (κ2) is 6.87. The lowest BCUT2D eigenvalue weighted by molar-refractivity contribution is 0.0581. The first-order chi connectivity index (χ1) is 10.7. The fourth-order valence-electron chi connectivity index (χ4n) is 2.96. The minimum atomic E-state index is -0.763. The number of methoxy groups -OCH3 is 2. The zero-order chi connectivity index (χ0) is 16.3. The van der Waals surface area contributed by atoms with Crippen LogP contribution in [-0.2, 0) is 0 Å². The smallest absolute Gasteiger partial charge is 0.256 e. The van der Waals surface area contributed by atoms with Crippen molar-refractivity contribution in [2.75, 3.05) is 26.1 Å². The van der Waals surface area contributed by atoms with E-state index in [-0.39, 0.29) is 11.9 Å². The molecule has 1 aromatic rings. The van der Waals surface area contributed by atoms with Gasteiger partial charge in [0.15, 0.2) is 11.5 Å². The van der Waals surface area contributed by atoms with Crippen LogP contribution in [0.4, 0.5) is 5.69 Å². The summed E-state index contributed by atoms with van der Waals surface area (Å²) in [4.78, 5) is 14.3. The Morgan fingerprint density at radius 1 is 1.23 bits per heavy atom. The average molecular weight is 308 g/mol. The fraction of sp³-hybridized carbons (Fsp3) is 0.562. The Hall–Kier alpha value is -1.95. The topological polar surface area (TPSA) is 71.0 Å². The molecule has 22 heavy (non-hydrogen) atoms. The van der Waals surface area contributed by atoms with Gasteiger partial charge in [0.05, 0.1) is 31.5 Å². The van der Waals surface area contributed by atoms with Gasteiger partial charge in [-0.1, -0.05) is 13.8 Å². The number of nitrogens with one attached hydrogen (secondary N) is 1. The molecule has 0 saturated carbocycles. The molecule has 0 aliphatic carbocycles. The lowest BCUT2D eigenvalue weighted by Gasteiger charge is -2.25.